The fraction of sp³-hybridized carbons (Fsp3) is 0.550. The molecule has 1 aromatic carbocycles. The quantitative estimate of drug-likeness (QED) is 0.665. The predicted octanol–water partition coefficient (Wildman–Crippen LogP) is 2.62. The highest BCUT2D eigenvalue weighted by molar-refractivity contribution is 7.99. The Bertz CT molecular complexity index is 811. The van der Waals surface area contributed by atoms with Crippen molar-refractivity contribution < 1.29 is 9.53 Å². The van der Waals surface area contributed by atoms with E-state index in [0.29, 0.717) is 11.7 Å². The third-order valence-electron chi connectivity index (χ3n) is 5.40. The molecule has 0 N–H and O–H groups in total. The van der Waals surface area contributed by atoms with Crippen LogP contribution in [0.15, 0.2) is 29.4 Å². The van der Waals surface area contributed by atoms with Gasteiger partial charge >= 0.3 is 0 Å². The first-order valence-corrected chi connectivity index (χ1v) is 10.9. The highest BCUT2D eigenvalue weighted by atomic mass is 32.2. The number of anilines is 1. The van der Waals surface area contributed by atoms with Crippen LogP contribution in [0.25, 0.3) is 0 Å². The van der Waals surface area contributed by atoms with Crippen molar-refractivity contribution in [1.82, 2.24) is 19.7 Å². The molecule has 8 heteroatoms. The van der Waals surface area contributed by atoms with Gasteiger partial charge in [0.2, 0.25) is 5.91 Å². The molecule has 0 atom stereocenters. The van der Waals surface area contributed by atoms with Gasteiger partial charge in [-0.15, -0.1) is 10.2 Å². The first-order chi connectivity index (χ1) is 13.7. The summed E-state index contributed by atoms with van der Waals surface area (Å²) >= 11 is 1.51. The molecule has 7 nitrogen and oxygen atoms in total. The summed E-state index contributed by atoms with van der Waals surface area (Å²) in [5.41, 5.74) is 1.17. The number of amides is 1. The summed E-state index contributed by atoms with van der Waals surface area (Å²) in [5, 5.41) is 9.53. The minimum absolute atomic E-state index is 0.179. The minimum atomic E-state index is 0.179. The lowest BCUT2D eigenvalue weighted by atomic mass is 10.2. The van der Waals surface area contributed by atoms with Crippen LogP contribution in [0.5, 0.6) is 5.75 Å². The SMILES string of the molecule is CCn1c(SCC(=O)N2CCN(c3ccc(OC)cc3)CC2)nnc1C1CC1. The Balaban J connectivity index is 1.28. The van der Waals surface area contributed by atoms with Crippen LogP contribution < -0.4 is 9.64 Å². The predicted molar refractivity (Wildman–Crippen MR) is 110 cm³/mol. The minimum Gasteiger partial charge on any atom is -0.497 e. The molecule has 28 heavy (non-hydrogen) atoms. The number of ether oxygens (including phenoxy) is 1. The first-order valence-electron chi connectivity index (χ1n) is 9.92. The molecule has 1 saturated carbocycles. The molecule has 150 valence electrons. The second-order valence-electron chi connectivity index (χ2n) is 7.21. The molecule has 1 aromatic heterocycles. The van der Waals surface area contributed by atoms with Crippen molar-refractivity contribution in [2.45, 2.75) is 37.4 Å². The van der Waals surface area contributed by atoms with Crippen molar-refractivity contribution in [3.05, 3.63) is 30.1 Å². The number of benzene rings is 1. The summed E-state index contributed by atoms with van der Waals surface area (Å²) in [7, 11) is 1.67. The Morgan fingerprint density at radius 3 is 2.46 bits per heavy atom. The molecule has 2 heterocycles. The van der Waals surface area contributed by atoms with E-state index in [4.69, 9.17) is 4.74 Å². The fourth-order valence-electron chi connectivity index (χ4n) is 3.57. The van der Waals surface area contributed by atoms with E-state index in [0.717, 1.165) is 49.5 Å². The van der Waals surface area contributed by atoms with E-state index >= 15 is 0 Å². The zero-order valence-corrected chi connectivity index (χ0v) is 17.3. The summed E-state index contributed by atoms with van der Waals surface area (Å²) in [6.07, 6.45) is 2.42. The standard InChI is InChI=1S/C20H27N5O2S/c1-3-25-19(15-4-5-15)21-22-20(25)28-14-18(26)24-12-10-23(11-13-24)16-6-8-17(27-2)9-7-16/h6-9,15H,3-5,10-14H2,1-2H3. The second kappa shape index (κ2) is 8.43. The van der Waals surface area contributed by atoms with Crippen molar-refractivity contribution >= 4 is 23.4 Å². The number of hydrogen-bond donors (Lipinski definition) is 0. The summed E-state index contributed by atoms with van der Waals surface area (Å²) in [6, 6.07) is 8.09. The van der Waals surface area contributed by atoms with E-state index in [1.54, 1.807) is 7.11 Å². The van der Waals surface area contributed by atoms with Gasteiger partial charge in [0.15, 0.2) is 5.16 Å². The molecule has 0 bridgehead atoms. The molecule has 0 spiro atoms. The molecule has 1 amide bonds. The number of rotatable bonds is 7. The largest absolute Gasteiger partial charge is 0.497 e. The molecule has 2 fully saturated rings. The zero-order valence-electron chi connectivity index (χ0n) is 16.5. The molecule has 0 radical (unpaired) electrons. The third-order valence-corrected chi connectivity index (χ3v) is 6.35. The molecule has 1 aliphatic heterocycles. The Labute approximate surface area is 170 Å². The highest BCUT2D eigenvalue weighted by Crippen LogP contribution is 2.40. The monoisotopic (exact) mass is 401 g/mol. The lowest BCUT2D eigenvalue weighted by Gasteiger charge is -2.36. The van der Waals surface area contributed by atoms with E-state index in [9.17, 15) is 4.79 Å². The summed E-state index contributed by atoms with van der Waals surface area (Å²) in [5.74, 6) is 3.12. The van der Waals surface area contributed by atoms with Crippen LogP contribution in [0.1, 0.15) is 31.5 Å². The zero-order chi connectivity index (χ0) is 19.5. The molecule has 2 aromatic rings. The second-order valence-corrected chi connectivity index (χ2v) is 8.16. The number of aromatic nitrogens is 3. The average molecular weight is 402 g/mol. The van der Waals surface area contributed by atoms with Crippen molar-refractivity contribution in [1.29, 1.82) is 0 Å². The van der Waals surface area contributed by atoms with Crippen molar-refractivity contribution in [3.8, 4) is 5.75 Å². The molecule has 1 aliphatic carbocycles. The lowest BCUT2D eigenvalue weighted by Crippen LogP contribution is -2.49. The third kappa shape index (κ3) is 4.11. The molecule has 4 rings (SSSR count). The molecular weight excluding hydrogens is 374 g/mol. The van der Waals surface area contributed by atoms with Crippen LogP contribution in [0, 0.1) is 0 Å². The van der Waals surface area contributed by atoms with Gasteiger partial charge in [-0.2, -0.15) is 0 Å². The first kappa shape index (κ1) is 19.1. The van der Waals surface area contributed by atoms with Crippen LogP contribution in [-0.4, -0.2) is 64.6 Å². The van der Waals surface area contributed by atoms with E-state index in [1.807, 2.05) is 17.0 Å². The average Bonchev–Trinajstić information content (AvgIpc) is 3.51. The summed E-state index contributed by atoms with van der Waals surface area (Å²) in [4.78, 5) is 16.9. The Morgan fingerprint density at radius 1 is 1.14 bits per heavy atom. The van der Waals surface area contributed by atoms with Crippen molar-refractivity contribution in [2.75, 3.05) is 43.9 Å². The Morgan fingerprint density at radius 2 is 1.86 bits per heavy atom. The van der Waals surface area contributed by atoms with Crippen molar-refractivity contribution in [2.24, 2.45) is 0 Å². The maximum absolute atomic E-state index is 12.7. The van der Waals surface area contributed by atoms with Crippen LogP contribution in [0.2, 0.25) is 0 Å². The number of nitrogens with zero attached hydrogens (tertiary/aromatic N) is 5. The number of methoxy groups -OCH3 is 1. The van der Waals surface area contributed by atoms with Crippen LogP contribution in [-0.2, 0) is 11.3 Å². The van der Waals surface area contributed by atoms with E-state index in [1.165, 1.54) is 30.3 Å². The van der Waals surface area contributed by atoms with E-state index in [2.05, 4.69) is 38.7 Å². The van der Waals surface area contributed by atoms with Gasteiger partial charge in [0, 0.05) is 44.3 Å². The van der Waals surface area contributed by atoms with E-state index in [-0.39, 0.29) is 5.91 Å². The van der Waals surface area contributed by atoms with Gasteiger partial charge in [-0.3, -0.25) is 4.79 Å². The molecule has 0 unspecified atom stereocenters. The van der Waals surface area contributed by atoms with Gasteiger partial charge in [0.05, 0.1) is 12.9 Å². The van der Waals surface area contributed by atoms with Gasteiger partial charge in [-0.1, -0.05) is 11.8 Å². The Kier molecular flexibility index (Phi) is 5.75. The fourth-order valence-corrected chi connectivity index (χ4v) is 4.48. The topological polar surface area (TPSA) is 63.5 Å². The highest BCUT2D eigenvalue weighted by Gasteiger charge is 2.30. The van der Waals surface area contributed by atoms with Gasteiger partial charge in [-0.25, -0.2) is 0 Å². The van der Waals surface area contributed by atoms with Crippen LogP contribution >= 0.6 is 11.8 Å². The number of carbonyl (C=O) groups excluding carboxylic acids is 1. The Hall–Kier alpha value is -2.22. The molecular formula is C20H27N5O2S. The number of hydrogen-bond acceptors (Lipinski definition) is 6. The van der Waals surface area contributed by atoms with Gasteiger partial charge in [0.25, 0.3) is 0 Å². The molecule has 1 saturated heterocycles. The summed E-state index contributed by atoms with van der Waals surface area (Å²) < 4.78 is 7.38. The van der Waals surface area contributed by atoms with Crippen LogP contribution in [0.4, 0.5) is 5.69 Å². The lowest BCUT2D eigenvalue weighted by molar-refractivity contribution is -0.128. The van der Waals surface area contributed by atoms with Crippen molar-refractivity contribution in [3.63, 3.8) is 0 Å². The van der Waals surface area contributed by atoms with Gasteiger partial charge in [0.1, 0.15) is 11.6 Å². The maximum Gasteiger partial charge on any atom is 0.233 e. The van der Waals surface area contributed by atoms with Gasteiger partial charge < -0.3 is 19.1 Å². The number of thioether (sulfide) groups is 1. The van der Waals surface area contributed by atoms with Gasteiger partial charge in [-0.05, 0) is 44.0 Å². The smallest absolute Gasteiger partial charge is 0.233 e. The maximum atomic E-state index is 12.7. The van der Waals surface area contributed by atoms with Crippen LogP contribution in [0.3, 0.4) is 0 Å². The number of piperazine rings is 1. The normalized spacial score (nSPS) is 17.1. The number of carbonyl (C=O) groups is 1. The summed E-state index contributed by atoms with van der Waals surface area (Å²) in [6.45, 7) is 6.16. The van der Waals surface area contributed by atoms with E-state index < -0.39 is 0 Å². The molecule has 2 aliphatic rings.